The van der Waals surface area contributed by atoms with Crippen LogP contribution in [-0.4, -0.2) is 11.7 Å². The molecule has 0 bridgehead atoms. The number of carbonyl (C=O) groups is 2. The molecule has 0 heterocycles. The number of hydrogen-bond donors (Lipinski definition) is 1. The van der Waals surface area contributed by atoms with E-state index in [9.17, 15) is 9.59 Å². The van der Waals surface area contributed by atoms with Gasteiger partial charge < -0.3 is 5.73 Å². The Kier molecular flexibility index (Phi) is 3.01. The van der Waals surface area contributed by atoms with Crippen molar-refractivity contribution < 1.29 is 9.59 Å². The first-order valence-corrected chi connectivity index (χ1v) is 5.18. The van der Waals surface area contributed by atoms with Crippen molar-refractivity contribution in [2.45, 2.75) is 0 Å². The summed E-state index contributed by atoms with van der Waals surface area (Å²) in [7, 11) is 0. The maximum absolute atomic E-state index is 11.7. The van der Waals surface area contributed by atoms with Crippen molar-refractivity contribution in [2.75, 3.05) is 0 Å². The van der Waals surface area contributed by atoms with Crippen molar-refractivity contribution in [3.63, 3.8) is 0 Å². The Morgan fingerprint density at radius 1 is 0.824 bits per heavy atom. The molecule has 0 aromatic heterocycles. The highest BCUT2D eigenvalue weighted by Crippen LogP contribution is 2.23. The summed E-state index contributed by atoms with van der Waals surface area (Å²) in [4.78, 5) is 22.6. The lowest BCUT2D eigenvalue weighted by Gasteiger charge is -2.06. The van der Waals surface area contributed by atoms with E-state index < -0.39 is 11.7 Å². The van der Waals surface area contributed by atoms with Crippen LogP contribution in [0, 0.1) is 0 Å². The number of primary amides is 1. The third-order valence-corrected chi connectivity index (χ3v) is 2.48. The fraction of sp³-hybridized carbons (Fsp3) is 0. The van der Waals surface area contributed by atoms with Crippen LogP contribution in [0.4, 0.5) is 0 Å². The van der Waals surface area contributed by atoms with Crippen LogP contribution in [0.25, 0.3) is 11.1 Å². The van der Waals surface area contributed by atoms with E-state index in [-0.39, 0.29) is 0 Å². The van der Waals surface area contributed by atoms with Gasteiger partial charge in [-0.15, -0.1) is 0 Å². The molecule has 2 rings (SSSR count). The molecule has 0 aliphatic rings. The van der Waals surface area contributed by atoms with E-state index in [1.807, 2.05) is 36.4 Å². The van der Waals surface area contributed by atoms with Gasteiger partial charge in [-0.1, -0.05) is 54.6 Å². The lowest BCUT2D eigenvalue weighted by molar-refractivity contribution is -0.114. The molecule has 84 valence electrons. The lowest BCUT2D eigenvalue weighted by atomic mass is 9.97. The molecule has 2 aromatic carbocycles. The number of rotatable bonds is 3. The Morgan fingerprint density at radius 3 is 2.06 bits per heavy atom. The predicted octanol–water partition coefficient (Wildman–Crippen LogP) is 2.02. The zero-order chi connectivity index (χ0) is 12.3. The number of benzene rings is 2. The summed E-state index contributed by atoms with van der Waals surface area (Å²) in [5.74, 6) is -1.60. The molecule has 2 N–H and O–H groups in total. The van der Waals surface area contributed by atoms with E-state index in [1.165, 1.54) is 0 Å². The summed E-state index contributed by atoms with van der Waals surface area (Å²) >= 11 is 0. The molecule has 0 saturated heterocycles. The molecule has 0 unspecified atom stereocenters. The molecule has 1 amide bonds. The first kappa shape index (κ1) is 11.1. The summed E-state index contributed by atoms with van der Waals surface area (Å²) in [5.41, 5.74) is 6.97. The average Bonchev–Trinajstić information content (AvgIpc) is 2.39. The molecule has 0 fully saturated rings. The highest BCUT2D eigenvalue weighted by Gasteiger charge is 2.16. The van der Waals surface area contributed by atoms with E-state index in [4.69, 9.17) is 5.73 Å². The van der Waals surface area contributed by atoms with Crippen LogP contribution in [-0.2, 0) is 4.79 Å². The van der Waals surface area contributed by atoms with E-state index in [0.717, 1.165) is 11.1 Å². The summed E-state index contributed by atoms with van der Waals surface area (Å²) in [5, 5.41) is 0. The summed E-state index contributed by atoms with van der Waals surface area (Å²) < 4.78 is 0. The molecular weight excluding hydrogens is 214 g/mol. The number of hydrogen-bond acceptors (Lipinski definition) is 2. The van der Waals surface area contributed by atoms with Crippen molar-refractivity contribution in [3.05, 3.63) is 60.2 Å². The van der Waals surface area contributed by atoms with Crippen molar-refractivity contribution in [1.29, 1.82) is 0 Å². The van der Waals surface area contributed by atoms with Crippen LogP contribution < -0.4 is 5.73 Å². The van der Waals surface area contributed by atoms with Gasteiger partial charge in [-0.05, 0) is 11.1 Å². The minimum atomic E-state index is -0.937. The standard InChI is InChI=1S/C14H11NO2/c15-14(17)13(16)12-9-5-4-8-11(12)10-6-2-1-3-7-10/h1-9H,(H2,15,17). The normalized spacial score (nSPS) is 9.88. The molecule has 0 atom stereocenters. The van der Waals surface area contributed by atoms with Gasteiger partial charge in [0.1, 0.15) is 0 Å². The van der Waals surface area contributed by atoms with Gasteiger partial charge in [-0.3, -0.25) is 9.59 Å². The fourth-order valence-corrected chi connectivity index (χ4v) is 1.68. The molecule has 0 aliphatic carbocycles. The van der Waals surface area contributed by atoms with Gasteiger partial charge in [0.05, 0.1) is 0 Å². The highest BCUT2D eigenvalue weighted by atomic mass is 16.2. The molecule has 2 aromatic rings. The Balaban J connectivity index is 2.56. The molecule has 17 heavy (non-hydrogen) atoms. The Labute approximate surface area is 98.9 Å². The van der Waals surface area contributed by atoms with E-state index in [0.29, 0.717) is 5.56 Å². The van der Waals surface area contributed by atoms with E-state index in [2.05, 4.69) is 0 Å². The molecule has 3 nitrogen and oxygen atoms in total. The Hall–Kier alpha value is -2.42. The number of ketones is 1. The van der Waals surface area contributed by atoms with Crippen LogP contribution in [0.1, 0.15) is 10.4 Å². The van der Waals surface area contributed by atoms with Crippen LogP contribution in [0.2, 0.25) is 0 Å². The van der Waals surface area contributed by atoms with E-state index in [1.54, 1.807) is 18.2 Å². The maximum Gasteiger partial charge on any atom is 0.289 e. The van der Waals surface area contributed by atoms with Gasteiger partial charge in [0, 0.05) is 5.56 Å². The van der Waals surface area contributed by atoms with Crippen LogP contribution >= 0.6 is 0 Å². The minimum absolute atomic E-state index is 0.339. The second kappa shape index (κ2) is 4.61. The Bertz CT molecular complexity index is 561. The lowest BCUT2D eigenvalue weighted by Crippen LogP contribution is -2.23. The summed E-state index contributed by atoms with van der Waals surface area (Å²) in [6.07, 6.45) is 0. The quantitative estimate of drug-likeness (QED) is 0.641. The predicted molar refractivity (Wildman–Crippen MR) is 65.4 cm³/mol. The second-order valence-corrected chi connectivity index (χ2v) is 3.60. The molecular formula is C14H11NO2. The number of Topliss-reactive ketones (excluding diaryl/α,β-unsaturated/α-hetero) is 1. The fourth-order valence-electron chi connectivity index (χ4n) is 1.68. The SMILES string of the molecule is NC(=O)C(=O)c1ccccc1-c1ccccc1. The zero-order valence-electron chi connectivity index (χ0n) is 9.09. The number of nitrogens with two attached hydrogens (primary N) is 1. The second-order valence-electron chi connectivity index (χ2n) is 3.60. The average molecular weight is 225 g/mol. The van der Waals surface area contributed by atoms with Crippen LogP contribution in [0.15, 0.2) is 54.6 Å². The van der Waals surface area contributed by atoms with Crippen molar-refractivity contribution in [2.24, 2.45) is 5.73 Å². The van der Waals surface area contributed by atoms with Crippen LogP contribution in [0.5, 0.6) is 0 Å². The topological polar surface area (TPSA) is 60.2 Å². The largest absolute Gasteiger partial charge is 0.363 e. The van der Waals surface area contributed by atoms with Gasteiger partial charge >= 0.3 is 0 Å². The molecule has 0 saturated carbocycles. The van der Waals surface area contributed by atoms with Crippen molar-refractivity contribution >= 4 is 11.7 Å². The molecule has 3 heteroatoms. The molecule has 0 radical (unpaired) electrons. The third kappa shape index (κ3) is 2.23. The van der Waals surface area contributed by atoms with Crippen LogP contribution in [0.3, 0.4) is 0 Å². The number of amides is 1. The van der Waals surface area contributed by atoms with Gasteiger partial charge in [0.15, 0.2) is 0 Å². The summed E-state index contributed by atoms with van der Waals surface area (Å²) in [6.45, 7) is 0. The Morgan fingerprint density at radius 2 is 1.41 bits per heavy atom. The van der Waals surface area contributed by atoms with Gasteiger partial charge in [0.25, 0.3) is 11.7 Å². The molecule has 0 aliphatic heterocycles. The van der Waals surface area contributed by atoms with Crippen molar-refractivity contribution in [3.8, 4) is 11.1 Å². The van der Waals surface area contributed by atoms with E-state index >= 15 is 0 Å². The maximum atomic E-state index is 11.7. The zero-order valence-corrected chi connectivity index (χ0v) is 9.09. The first-order valence-electron chi connectivity index (χ1n) is 5.18. The number of carbonyl (C=O) groups excluding carboxylic acids is 2. The van der Waals surface area contributed by atoms with Gasteiger partial charge in [-0.25, -0.2) is 0 Å². The van der Waals surface area contributed by atoms with Gasteiger partial charge in [-0.2, -0.15) is 0 Å². The smallest absolute Gasteiger partial charge is 0.289 e. The van der Waals surface area contributed by atoms with Gasteiger partial charge in [0.2, 0.25) is 0 Å². The summed E-state index contributed by atoms with van der Waals surface area (Å²) in [6, 6.07) is 16.3. The highest BCUT2D eigenvalue weighted by molar-refractivity contribution is 6.43. The van der Waals surface area contributed by atoms with Crippen molar-refractivity contribution in [1.82, 2.24) is 0 Å². The monoisotopic (exact) mass is 225 g/mol. The molecule has 0 spiro atoms. The third-order valence-electron chi connectivity index (χ3n) is 2.48. The first-order chi connectivity index (χ1) is 8.20. The minimum Gasteiger partial charge on any atom is -0.363 e.